The summed E-state index contributed by atoms with van der Waals surface area (Å²) in [5.41, 5.74) is 1.88. The molecule has 1 aliphatic rings. The van der Waals surface area contributed by atoms with Gasteiger partial charge < -0.3 is 9.64 Å². The summed E-state index contributed by atoms with van der Waals surface area (Å²) >= 11 is 0. The van der Waals surface area contributed by atoms with Gasteiger partial charge in [0.2, 0.25) is 0 Å². The number of hydrogen-bond acceptors (Lipinski definition) is 4. The van der Waals surface area contributed by atoms with Gasteiger partial charge in [0.05, 0.1) is 23.3 Å². The first-order valence-corrected chi connectivity index (χ1v) is 8.05. The highest BCUT2D eigenvalue weighted by Gasteiger charge is 2.51. The first-order chi connectivity index (χ1) is 10.9. The van der Waals surface area contributed by atoms with Crippen molar-refractivity contribution >= 4 is 16.9 Å². The van der Waals surface area contributed by atoms with Crippen molar-refractivity contribution in [1.82, 2.24) is 14.9 Å². The zero-order valence-electron chi connectivity index (χ0n) is 14.1. The van der Waals surface area contributed by atoms with Gasteiger partial charge in [0, 0.05) is 25.1 Å². The lowest BCUT2D eigenvalue weighted by Crippen LogP contribution is -2.62. The topological polar surface area (TPSA) is 55.3 Å². The van der Waals surface area contributed by atoms with Crippen LogP contribution in [0.15, 0.2) is 30.5 Å². The third kappa shape index (κ3) is 2.70. The second-order valence-corrected chi connectivity index (χ2v) is 6.68. The van der Waals surface area contributed by atoms with Gasteiger partial charge in [0.15, 0.2) is 0 Å². The van der Waals surface area contributed by atoms with Gasteiger partial charge >= 0.3 is 0 Å². The average molecular weight is 313 g/mol. The molecule has 23 heavy (non-hydrogen) atoms. The molecular weight excluding hydrogens is 290 g/mol. The van der Waals surface area contributed by atoms with Crippen LogP contribution in [-0.2, 0) is 4.74 Å². The van der Waals surface area contributed by atoms with Crippen LogP contribution in [-0.4, -0.2) is 46.6 Å². The van der Waals surface area contributed by atoms with Crippen LogP contribution in [0.3, 0.4) is 0 Å². The van der Waals surface area contributed by atoms with Crippen LogP contribution in [0, 0.1) is 5.41 Å². The predicted octanol–water partition coefficient (Wildman–Crippen LogP) is 2.91. The molecule has 1 amide bonds. The summed E-state index contributed by atoms with van der Waals surface area (Å²) in [6, 6.07) is 7.73. The molecule has 2 atom stereocenters. The van der Waals surface area contributed by atoms with Crippen LogP contribution in [0.4, 0.5) is 0 Å². The third-order valence-electron chi connectivity index (χ3n) is 4.95. The Balaban J connectivity index is 1.79. The number of carbonyl (C=O) groups excluding carboxylic acids is 1. The number of hydrogen-bond donors (Lipinski definition) is 0. The number of aromatic nitrogens is 2. The molecule has 0 saturated heterocycles. The molecule has 1 saturated carbocycles. The van der Waals surface area contributed by atoms with Gasteiger partial charge in [0.1, 0.15) is 5.69 Å². The molecule has 3 rings (SSSR count). The summed E-state index contributed by atoms with van der Waals surface area (Å²) in [7, 11) is 1.84. The zero-order chi connectivity index (χ0) is 16.6. The predicted molar refractivity (Wildman–Crippen MR) is 89.2 cm³/mol. The van der Waals surface area contributed by atoms with Crippen LogP contribution in [0.5, 0.6) is 0 Å². The number of fused-ring (bicyclic) bond motifs is 1. The molecule has 1 aliphatic carbocycles. The molecular formula is C18H23N3O2. The van der Waals surface area contributed by atoms with E-state index in [-0.39, 0.29) is 23.5 Å². The molecule has 0 bridgehead atoms. The van der Waals surface area contributed by atoms with Crippen molar-refractivity contribution in [2.75, 3.05) is 13.7 Å². The van der Waals surface area contributed by atoms with Gasteiger partial charge in [-0.25, -0.2) is 4.98 Å². The summed E-state index contributed by atoms with van der Waals surface area (Å²) in [5.74, 6) is -0.0868. The maximum Gasteiger partial charge on any atom is 0.274 e. The van der Waals surface area contributed by atoms with Gasteiger partial charge in [-0.05, 0) is 25.5 Å². The van der Waals surface area contributed by atoms with E-state index in [9.17, 15) is 4.79 Å². The van der Waals surface area contributed by atoms with Crippen LogP contribution in [0.25, 0.3) is 11.0 Å². The van der Waals surface area contributed by atoms with Crippen LogP contribution in [0.1, 0.15) is 37.7 Å². The normalized spacial score (nSPS) is 22.6. The first kappa shape index (κ1) is 15.9. The number of nitrogens with zero attached hydrogens (tertiary/aromatic N) is 3. The van der Waals surface area contributed by atoms with E-state index < -0.39 is 0 Å². The number of carbonyl (C=O) groups is 1. The lowest BCUT2D eigenvalue weighted by molar-refractivity contribution is -0.136. The molecule has 0 unspecified atom stereocenters. The molecule has 1 heterocycles. The fourth-order valence-corrected chi connectivity index (χ4v) is 3.39. The average Bonchev–Trinajstić information content (AvgIpc) is 2.56. The van der Waals surface area contributed by atoms with E-state index in [1.165, 1.54) is 0 Å². The van der Waals surface area contributed by atoms with Crippen molar-refractivity contribution in [1.29, 1.82) is 0 Å². The second-order valence-electron chi connectivity index (χ2n) is 6.68. The van der Waals surface area contributed by atoms with E-state index in [2.05, 4.69) is 23.8 Å². The number of para-hydroxylation sites is 2. The minimum atomic E-state index is -0.0868. The first-order valence-electron chi connectivity index (χ1n) is 8.05. The monoisotopic (exact) mass is 313 g/mol. The largest absolute Gasteiger partial charge is 0.378 e. The molecule has 5 heteroatoms. The van der Waals surface area contributed by atoms with Crippen LogP contribution in [0.2, 0.25) is 0 Å². The van der Waals surface area contributed by atoms with Crippen LogP contribution < -0.4 is 0 Å². The van der Waals surface area contributed by atoms with E-state index in [1.54, 1.807) is 11.1 Å². The van der Waals surface area contributed by atoms with Crippen molar-refractivity contribution in [3.8, 4) is 0 Å². The van der Waals surface area contributed by atoms with Crippen molar-refractivity contribution in [2.45, 2.75) is 39.3 Å². The third-order valence-corrected chi connectivity index (χ3v) is 4.95. The molecule has 5 nitrogen and oxygen atoms in total. The fourth-order valence-electron chi connectivity index (χ4n) is 3.39. The van der Waals surface area contributed by atoms with Gasteiger partial charge in [0.25, 0.3) is 5.91 Å². The Kier molecular flexibility index (Phi) is 4.06. The van der Waals surface area contributed by atoms with Crippen molar-refractivity contribution in [2.24, 2.45) is 5.41 Å². The van der Waals surface area contributed by atoms with E-state index in [1.807, 2.05) is 38.2 Å². The summed E-state index contributed by atoms with van der Waals surface area (Å²) < 4.78 is 5.75. The number of benzene rings is 1. The Morgan fingerprint density at radius 2 is 2.04 bits per heavy atom. The van der Waals surface area contributed by atoms with E-state index in [0.717, 1.165) is 17.5 Å². The molecule has 0 N–H and O–H groups in total. The molecule has 122 valence electrons. The number of amides is 1. The summed E-state index contributed by atoms with van der Waals surface area (Å²) in [5, 5.41) is 0. The Bertz CT molecular complexity index is 729. The van der Waals surface area contributed by atoms with Crippen molar-refractivity contribution in [3.05, 3.63) is 36.2 Å². The van der Waals surface area contributed by atoms with Crippen LogP contribution >= 0.6 is 0 Å². The highest BCUT2D eigenvalue weighted by atomic mass is 16.5. The van der Waals surface area contributed by atoms with Crippen molar-refractivity contribution < 1.29 is 9.53 Å². The molecule has 0 aliphatic heterocycles. The second kappa shape index (κ2) is 5.89. The highest BCUT2D eigenvalue weighted by Crippen LogP contribution is 2.45. The van der Waals surface area contributed by atoms with E-state index >= 15 is 0 Å². The standard InChI is InChI=1S/C18H23N3O2/c1-5-23-16-10-15(18(16,2)3)21(4)17(22)14-11-19-12-8-6-7-9-13(12)20-14/h6-9,11,15-16H,5,10H2,1-4H3/t15-,16+/m1/s1. The highest BCUT2D eigenvalue weighted by molar-refractivity contribution is 5.94. The molecule has 1 fully saturated rings. The summed E-state index contributed by atoms with van der Waals surface area (Å²) in [6.45, 7) is 7.01. The van der Waals surface area contributed by atoms with Crippen molar-refractivity contribution in [3.63, 3.8) is 0 Å². The summed E-state index contributed by atoms with van der Waals surface area (Å²) in [6.07, 6.45) is 2.63. The van der Waals surface area contributed by atoms with Gasteiger partial charge in [-0.1, -0.05) is 26.0 Å². The Morgan fingerprint density at radius 1 is 1.35 bits per heavy atom. The SMILES string of the molecule is CCO[C@H]1C[C@@H](N(C)C(=O)c2cnc3ccccc3n2)C1(C)C. The van der Waals surface area contributed by atoms with E-state index in [4.69, 9.17) is 4.74 Å². The molecule has 1 aromatic carbocycles. The minimum absolute atomic E-state index is 0.0509. The Hall–Kier alpha value is -2.01. The van der Waals surface area contributed by atoms with Gasteiger partial charge in [-0.15, -0.1) is 0 Å². The minimum Gasteiger partial charge on any atom is -0.378 e. The fraction of sp³-hybridized carbons (Fsp3) is 0.500. The molecule has 0 spiro atoms. The Morgan fingerprint density at radius 3 is 2.70 bits per heavy atom. The maximum atomic E-state index is 12.8. The lowest BCUT2D eigenvalue weighted by atomic mass is 9.63. The lowest BCUT2D eigenvalue weighted by Gasteiger charge is -2.54. The zero-order valence-corrected chi connectivity index (χ0v) is 14.1. The summed E-state index contributed by atoms with van der Waals surface area (Å²) in [4.78, 5) is 23.3. The number of rotatable bonds is 4. The number of ether oxygens (including phenoxy) is 1. The maximum absolute atomic E-state index is 12.8. The van der Waals surface area contributed by atoms with E-state index in [0.29, 0.717) is 12.3 Å². The molecule has 0 radical (unpaired) electrons. The smallest absolute Gasteiger partial charge is 0.274 e. The molecule has 2 aromatic rings. The van der Waals surface area contributed by atoms with Gasteiger partial charge in [-0.3, -0.25) is 9.78 Å². The Labute approximate surface area is 136 Å². The van der Waals surface area contributed by atoms with Gasteiger partial charge in [-0.2, -0.15) is 0 Å². The molecule has 1 aromatic heterocycles. The quantitative estimate of drug-likeness (QED) is 0.871.